The predicted octanol–water partition coefficient (Wildman–Crippen LogP) is 4.63. The number of thiazole rings is 1. The third kappa shape index (κ3) is 4.14. The van der Waals surface area contributed by atoms with Gasteiger partial charge in [0.1, 0.15) is 5.75 Å². The van der Waals surface area contributed by atoms with Crippen molar-refractivity contribution in [3.63, 3.8) is 0 Å². The molecule has 2 fully saturated rings. The van der Waals surface area contributed by atoms with E-state index in [2.05, 4.69) is 28.1 Å². The number of likely N-dealkylation sites (tertiary alicyclic amines) is 2. The summed E-state index contributed by atoms with van der Waals surface area (Å²) < 4.78 is 9.04. The van der Waals surface area contributed by atoms with Crippen LogP contribution in [-0.4, -0.2) is 51.4 Å². The minimum Gasteiger partial charge on any atom is -0.431 e. The van der Waals surface area contributed by atoms with E-state index in [0.717, 1.165) is 54.3 Å². The van der Waals surface area contributed by atoms with Gasteiger partial charge in [-0.15, -0.1) is 0 Å². The van der Waals surface area contributed by atoms with Crippen molar-refractivity contribution >= 4 is 27.5 Å². The molecule has 6 rings (SSSR count). The van der Waals surface area contributed by atoms with Crippen molar-refractivity contribution in [1.29, 1.82) is 0 Å². The largest absolute Gasteiger partial charge is 0.431 e. The van der Waals surface area contributed by atoms with E-state index < -0.39 is 0 Å². The second-order valence-electron chi connectivity index (χ2n) is 9.18. The Balaban J connectivity index is 1.03. The minimum absolute atomic E-state index is 0.167. The van der Waals surface area contributed by atoms with E-state index in [4.69, 9.17) is 4.74 Å². The molecule has 2 aromatic heterocycles. The molecular weight excluding hydrogens is 432 g/mol. The summed E-state index contributed by atoms with van der Waals surface area (Å²) >= 11 is 1.56. The van der Waals surface area contributed by atoms with Crippen LogP contribution in [0.4, 0.5) is 0 Å². The maximum absolute atomic E-state index is 12.8. The van der Waals surface area contributed by atoms with Crippen LogP contribution >= 0.6 is 11.3 Å². The monoisotopic (exact) mass is 458 g/mol. The number of carbonyl (C=O) groups excluding carboxylic acids is 1. The van der Waals surface area contributed by atoms with Gasteiger partial charge in [0.2, 0.25) is 0 Å². The molecule has 2 aliphatic rings. The lowest BCUT2D eigenvalue weighted by atomic mass is 10.0. The van der Waals surface area contributed by atoms with Crippen LogP contribution in [0.25, 0.3) is 10.2 Å². The lowest BCUT2D eigenvalue weighted by Crippen LogP contribution is -2.33. The first-order valence-electron chi connectivity index (χ1n) is 11.4. The van der Waals surface area contributed by atoms with Gasteiger partial charge in [0.25, 0.3) is 11.1 Å². The SMILES string of the molecule is Cn1ccc(C(=O)N2CC3CN(Cc4ccc(Oc5nc6ccccc6s5)cc4)CC3C2)c1. The first kappa shape index (κ1) is 20.4. The van der Waals surface area contributed by atoms with E-state index >= 15 is 0 Å². The molecule has 2 aliphatic heterocycles. The third-order valence-electron chi connectivity index (χ3n) is 6.74. The predicted molar refractivity (Wildman–Crippen MR) is 130 cm³/mol. The summed E-state index contributed by atoms with van der Waals surface area (Å²) in [5, 5.41) is 0.672. The van der Waals surface area contributed by atoms with Gasteiger partial charge < -0.3 is 14.2 Å². The summed E-state index contributed by atoms with van der Waals surface area (Å²) in [6, 6.07) is 18.3. The van der Waals surface area contributed by atoms with Gasteiger partial charge in [0.05, 0.1) is 15.8 Å². The molecular formula is C26H26N4O2S. The zero-order chi connectivity index (χ0) is 22.4. The molecule has 6 nitrogen and oxygen atoms in total. The van der Waals surface area contributed by atoms with Gasteiger partial charge in [-0.05, 0) is 47.7 Å². The molecule has 33 heavy (non-hydrogen) atoms. The quantitative estimate of drug-likeness (QED) is 0.438. The highest BCUT2D eigenvalue weighted by Gasteiger charge is 2.41. The number of hydrogen-bond donors (Lipinski definition) is 0. The highest BCUT2D eigenvalue weighted by atomic mass is 32.1. The summed E-state index contributed by atoms with van der Waals surface area (Å²) in [5.74, 6) is 2.12. The fraction of sp³-hybridized carbons (Fsp3) is 0.308. The van der Waals surface area contributed by atoms with Crippen molar-refractivity contribution in [2.75, 3.05) is 26.2 Å². The first-order chi connectivity index (χ1) is 16.1. The molecule has 2 atom stereocenters. The molecule has 7 heteroatoms. The molecule has 0 radical (unpaired) electrons. The van der Waals surface area contributed by atoms with Crippen molar-refractivity contribution in [3.8, 4) is 10.9 Å². The number of rotatable bonds is 5. The minimum atomic E-state index is 0.167. The number of aryl methyl sites for hydroxylation is 1. The second-order valence-corrected chi connectivity index (χ2v) is 10.2. The van der Waals surface area contributed by atoms with Crippen LogP contribution in [-0.2, 0) is 13.6 Å². The number of hydrogen-bond acceptors (Lipinski definition) is 5. The number of aromatic nitrogens is 2. The van der Waals surface area contributed by atoms with Gasteiger partial charge in [-0.1, -0.05) is 35.6 Å². The second kappa shape index (κ2) is 8.32. The van der Waals surface area contributed by atoms with Crippen LogP contribution in [0, 0.1) is 11.8 Å². The average molecular weight is 459 g/mol. The molecule has 0 aliphatic carbocycles. The van der Waals surface area contributed by atoms with Gasteiger partial charge in [-0.25, -0.2) is 4.98 Å². The van der Waals surface area contributed by atoms with Gasteiger partial charge >= 0.3 is 0 Å². The fourth-order valence-corrected chi connectivity index (χ4v) is 5.95. The molecule has 0 saturated carbocycles. The Morgan fingerprint density at radius 1 is 1.03 bits per heavy atom. The van der Waals surface area contributed by atoms with Crippen molar-refractivity contribution < 1.29 is 9.53 Å². The van der Waals surface area contributed by atoms with Crippen molar-refractivity contribution in [2.45, 2.75) is 6.54 Å². The Bertz CT molecular complexity index is 1250. The highest BCUT2D eigenvalue weighted by molar-refractivity contribution is 7.20. The number of benzene rings is 2. The zero-order valence-electron chi connectivity index (χ0n) is 18.6. The Hall–Kier alpha value is -3.16. The fourth-order valence-electron chi connectivity index (χ4n) is 5.11. The summed E-state index contributed by atoms with van der Waals surface area (Å²) in [4.78, 5) is 21.9. The van der Waals surface area contributed by atoms with E-state index in [-0.39, 0.29) is 5.91 Å². The lowest BCUT2D eigenvalue weighted by molar-refractivity contribution is 0.0773. The van der Waals surface area contributed by atoms with E-state index in [9.17, 15) is 4.79 Å². The van der Waals surface area contributed by atoms with Crippen LogP contribution in [0.2, 0.25) is 0 Å². The summed E-state index contributed by atoms with van der Waals surface area (Å²) in [5.41, 5.74) is 3.05. The molecule has 0 spiro atoms. The van der Waals surface area contributed by atoms with Gasteiger partial charge in [0, 0.05) is 52.2 Å². The van der Waals surface area contributed by atoms with Crippen LogP contribution in [0.5, 0.6) is 10.9 Å². The van der Waals surface area contributed by atoms with Crippen molar-refractivity contribution in [2.24, 2.45) is 18.9 Å². The van der Waals surface area contributed by atoms with Gasteiger partial charge in [0.15, 0.2) is 0 Å². The molecule has 0 bridgehead atoms. The maximum Gasteiger partial charge on any atom is 0.279 e. The zero-order valence-corrected chi connectivity index (χ0v) is 19.4. The number of carbonyl (C=O) groups is 1. The van der Waals surface area contributed by atoms with Crippen LogP contribution in [0.1, 0.15) is 15.9 Å². The summed E-state index contributed by atoms with van der Waals surface area (Å²) in [6.07, 6.45) is 3.84. The van der Waals surface area contributed by atoms with E-state index in [1.165, 1.54) is 5.56 Å². The normalized spacial score (nSPS) is 20.5. The molecule has 2 aromatic carbocycles. The molecule has 2 unspecified atom stereocenters. The van der Waals surface area contributed by atoms with Crippen LogP contribution in [0.15, 0.2) is 67.0 Å². The van der Waals surface area contributed by atoms with E-state index in [0.29, 0.717) is 17.0 Å². The maximum atomic E-state index is 12.8. The molecule has 2 saturated heterocycles. The highest BCUT2D eigenvalue weighted by Crippen LogP contribution is 2.34. The molecule has 1 amide bonds. The average Bonchev–Trinajstić information content (AvgIpc) is 3.57. The van der Waals surface area contributed by atoms with E-state index in [1.807, 2.05) is 65.3 Å². The Morgan fingerprint density at radius 2 is 1.79 bits per heavy atom. The lowest BCUT2D eigenvalue weighted by Gasteiger charge is -2.21. The third-order valence-corrected chi connectivity index (χ3v) is 7.65. The number of fused-ring (bicyclic) bond motifs is 2. The number of ether oxygens (including phenoxy) is 1. The molecule has 0 N–H and O–H groups in total. The van der Waals surface area contributed by atoms with Crippen LogP contribution in [0.3, 0.4) is 0 Å². The van der Waals surface area contributed by atoms with Gasteiger partial charge in [-0.3, -0.25) is 9.69 Å². The van der Waals surface area contributed by atoms with Crippen LogP contribution < -0.4 is 4.74 Å². The Labute approximate surface area is 197 Å². The number of amides is 1. The van der Waals surface area contributed by atoms with E-state index in [1.54, 1.807) is 11.3 Å². The Kier molecular flexibility index (Phi) is 5.15. The summed E-state index contributed by atoms with van der Waals surface area (Å²) in [6.45, 7) is 4.76. The molecule has 4 heterocycles. The smallest absolute Gasteiger partial charge is 0.279 e. The van der Waals surface area contributed by atoms with Crippen molar-refractivity contribution in [1.82, 2.24) is 19.4 Å². The molecule has 168 valence electrons. The Morgan fingerprint density at radius 3 is 2.48 bits per heavy atom. The standard InChI is InChI=1S/C26H26N4O2S/c1-28-11-10-19(13-28)25(31)30-16-20-14-29(15-21(20)17-30)12-18-6-8-22(9-7-18)32-26-27-23-4-2-3-5-24(23)33-26/h2-11,13,20-21H,12,14-17H2,1H3. The summed E-state index contributed by atoms with van der Waals surface area (Å²) in [7, 11) is 1.95. The first-order valence-corrected chi connectivity index (χ1v) is 12.2. The molecule has 4 aromatic rings. The topological polar surface area (TPSA) is 50.6 Å². The van der Waals surface area contributed by atoms with Crippen molar-refractivity contribution in [3.05, 3.63) is 78.1 Å². The number of para-hydroxylation sites is 1. The van der Waals surface area contributed by atoms with Gasteiger partial charge in [-0.2, -0.15) is 0 Å². The number of nitrogens with zero attached hydrogens (tertiary/aromatic N) is 4.